The lowest BCUT2D eigenvalue weighted by atomic mass is 10.2. The third kappa shape index (κ3) is 3.65. The van der Waals surface area contributed by atoms with Gasteiger partial charge in [0.2, 0.25) is 0 Å². The number of ether oxygens (including phenoxy) is 2. The van der Waals surface area contributed by atoms with Crippen LogP contribution in [0.5, 0.6) is 5.75 Å². The molecule has 0 radical (unpaired) electrons. The molecule has 1 aliphatic heterocycles. The van der Waals surface area contributed by atoms with Crippen molar-refractivity contribution in [1.82, 2.24) is 0 Å². The number of amides is 1. The van der Waals surface area contributed by atoms with Crippen LogP contribution in [-0.4, -0.2) is 31.1 Å². The molecule has 0 fully saturated rings. The van der Waals surface area contributed by atoms with Gasteiger partial charge in [-0.05, 0) is 56.2 Å². The maximum atomic E-state index is 12.6. The maximum Gasteiger partial charge on any atom is 0.338 e. The molecule has 1 heterocycles. The highest BCUT2D eigenvalue weighted by Gasteiger charge is 2.29. The van der Waals surface area contributed by atoms with Gasteiger partial charge in [0, 0.05) is 12.2 Å². The van der Waals surface area contributed by atoms with Crippen molar-refractivity contribution in [2.45, 2.75) is 26.4 Å². The monoisotopic (exact) mass is 339 g/mol. The highest BCUT2D eigenvalue weighted by Crippen LogP contribution is 2.28. The van der Waals surface area contributed by atoms with E-state index in [4.69, 9.17) is 9.47 Å². The lowest BCUT2D eigenvalue weighted by Gasteiger charge is -2.21. The topological polar surface area (TPSA) is 55.8 Å². The van der Waals surface area contributed by atoms with E-state index in [0.717, 1.165) is 17.7 Å². The van der Waals surface area contributed by atoms with Crippen LogP contribution in [0.2, 0.25) is 0 Å². The van der Waals surface area contributed by atoms with E-state index in [2.05, 4.69) is 0 Å². The highest BCUT2D eigenvalue weighted by molar-refractivity contribution is 6.00. The molecule has 0 aliphatic carbocycles. The zero-order valence-corrected chi connectivity index (χ0v) is 14.4. The van der Waals surface area contributed by atoms with Crippen molar-refractivity contribution in [2.75, 3.05) is 18.1 Å². The smallest absolute Gasteiger partial charge is 0.338 e. The summed E-state index contributed by atoms with van der Waals surface area (Å²) in [6, 6.07) is 14.5. The van der Waals surface area contributed by atoms with Crippen molar-refractivity contribution in [3.05, 3.63) is 59.7 Å². The second kappa shape index (κ2) is 7.38. The van der Waals surface area contributed by atoms with E-state index >= 15 is 0 Å². The molecule has 1 atom stereocenters. The van der Waals surface area contributed by atoms with E-state index in [1.165, 1.54) is 0 Å². The number of anilines is 1. The molecule has 0 saturated heterocycles. The number of carbonyl (C=O) groups excluding carboxylic acids is 2. The van der Waals surface area contributed by atoms with Crippen molar-refractivity contribution in [2.24, 2.45) is 0 Å². The average molecular weight is 339 g/mol. The van der Waals surface area contributed by atoms with Gasteiger partial charge < -0.3 is 14.4 Å². The number of hydrogen-bond acceptors (Lipinski definition) is 4. The van der Waals surface area contributed by atoms with Crippen LogP contribution in [0.4, 0.5) is 5.69 Å². The van der Waals surface area contributed by atoms with Crippen molar-refractivity contribution >= 4 is 17.6 Å². The summed E-state index contributed by atoms with van der Waals surface area (Å²) in [5.74, 6) is -0.0301. The van der Waals surface area contributed by atoms with E-state index in [-0.39, 0.29) is 5.91 Å². The van der Waals surface area contributed by atoms with Crippen LogP contribution in [0.15, 0.2) is 48.5 Å². The van der Waals surface area contributed by atoms with Crippen LogP contribution in [0.1, 0.15) is 29.8 Å². The van der Waals surface area contributed by atoms with Gasteiger partial charge in [0.25, 0.3) is 5.91 Å². The zero-order chi connectivity index (χ0) is 17.8. The number of fused-ring (bicyclic) bond motifs is 1. The molecule has 0 unspecified atom stereocenters. The first-order chi connectivity index (χ1) is 12.1. The van der Waals surface area contributed by atoms with E-state index in [1.807, 2.05) is 31.2 Å². The number of nitrogens with zero attached hydrogens (tertiary/aromatic N) is 1. The molecular weight excluding hydrogens is 318 g/mol. The minimum absolute atomic E-state index is 0.204. The Labute approximate surface area is 147 Å². The standard InChI is InChI=1S/C20H21NO4/c1-3-24-17-10-8-16(9-11-17)20(23)25-14(2)19(22)21-13-12-15-6-4-5-7-18(15)21/h4-11,14H,3,12-13H2,1-2H3/t14-/m0/s1. The molecule has 1 aliphatic rings. The Bertz CT molecular complexity index is 770. The van der Waals surface area contributed by atoms with Gasteiger partial charge in [0.1, 0.15) is 5.75 Å². The molecule has 3 rings (SSSR count). The van der Waals surface area contributed by atoms with Gasteiger partial charge in [0.05, 0.1) is 12.2 Å². The molecule has 5 nitrogen and oxygen atoms in total. The van der Waals surface area contributed by atoms with Crippen LogP contribution in [0.3, 0.4) is 0 Å². The number of benzene rings is 2. The number of rotatable bonds is 5. The molecular formula is C20H21NO4. The first-order valence-electron chi connectivity index (χ1n) is 8.43. The molecule has 2 aromatic carbocycles. The molecule has 0 aromatic heterocycles. The summed E-state index contributed by atoms with van der Waals surface area (Å²) < 4.78 is 10.7. The van der Waals surface area contributed by atoms with Crippen molar-refractivity contribution in [3.63, 3.8) is 0 Å². The molecule has 0 bridgehead atoms. The number of carbonyl (C=O) groups is 2. The first kappa shape index (κ1) is 17.0. The number of para-hydroxylation sites is 1. The van der Waals surface area contributed by atoms with Crippen molar-refractivity contribution in [1.29, 1.82) is 0 Å². The van der Waals surface area contributed by atoms with Gasteiger partial charge in [-0.2, -0.15) is 0 Å². The molecule has 130 valence electrons. The Balaban J connectivity index is 1.64. The maximum absolute atomic E-state index is 12.6. The largest absolute Gasteiger partial charge is 0.494 e. The zero-order valence-electron chi connectivity index (χ0n) is 14.4. The molecule has 0 spiro atoms. The lowest BCUT2D eigenvalue weighted by molar-refractivity contribution is -0.126. The van der Waals surface area contributed by atoms with Crippen LogP contribution in [-0.2, 0) is 16.0 Å². The predicted molar refractivity (Wildman–Crippen MR) is 95.0 cm³/mol. The predicted octanol–water partition coefficient (Wildman–Crippen LogP) is 3.22. The van der Waals surface area contributed by atoms with Gasteiger partial charge in [-0.25, -0.2) is 4.79 Å². The van der Waals surface area contributed by atoms with Gasteiger partial charge in [-0.1, -0.05) is 18.2 Å². The van der Waals surface area contributed by atoms with Crippen LogP contribution in [0.25, 0.3) is 0 Å². The fourth-order valence-electron chi connectivity index (χ4n) is 2.92. The molecule has 0 saturated carbocycles. The average Bonchev–Trinajstić information content (AvgIpc) is 3.06. The quantitative estimate of drug-likeness (QED) is 0.785. The Hall–Kier alpha value is -2.82. The van der Waals surface area contributed by atoms with Crippen LogP contribution < -0.4 is 9.64 Å². The summed E-state index contributed by atoms with van der Waals surface area (Å²) in [5.41, 5.74) is 2.43. The molecule has 2 aromatic rings. The van der Waals surface area contributed by atoms with Crippen molar-refractivity contribution < 1.29 is 19.1 Å². The lowest BCUT2D eigenvalue weighted by Crippen LogP contribution is -2.39. The molecule has 1 amide bonds. The Morgan fingerprint density at radius 1 is 1.12 bits per heavy atom. The molecule has 25 heavy (non-hydrogen) atoms. The first-order valence-corrected chi connectivity index (χ1v) is 8.43. The van der Waals surface area contributed by atoms with Crippen LogP contribution >= 0.6 is 0 Å². The normalized spacial score (nSPS) is 13.9. The third-order valence-electron chi connectivity index (χ3n) is 4.19. The van der Waals surface area contributed by atoms with E-state index < -0.39 is 12.1 Å². The summed E-state index contributed by atoms with van der Waals surface area (Å²) in [7, 11) is 0. The Morgan fingerprint density at radius 3 is 2.56 bits per heavy atom. The number of esters is 1. The number of hydrogen-bond donors (Lipinski definition) is 0. The van der Waals surface area contributed by atoms with E-state index in [9.17, 15) is 9.59 Å². The Kier molecular flexibility index (Phi) is 5.03. The summed E-state index contributed by atoms with van der Waals surface area (Å²) in [4.78, 5) is 26.6. The van der Waals surface area contributed by atoms with E-state index in [0.29, 0.717) is 24.5 Å². The SMILES string of the molecule is CCOc1ccc(C(=O)O[C@@H](C)C(=O)N2CCc3ccccc32)cc1. The fourth-order valence-corrected chi connectivity index (χ4v) is 2.92. The molecule has 0 N–H and O–H groups in total. The van der Waals surface area contributed by atoms with Gasteiger partial charge in [0.15, 0.2) is 6.10 Å². The summed E-state index contributed by atoms with van der Waals surface area (Å²) in [6.45, 7) is 4.68. The minimum atomic E-state index is -0.842. The second-order valence-corrected chi connectivity index (χ2v) is 5.87. The van der Waals surface area contributed by atoms with Gasteiger partial charge in [-0.3, -0.25) is 4.79 Å². The van der Waals surface area contributed by atoms with Crippen molar-refractivity contribution in [3.8, 4) is 5.75 Å². The summed E-state index contributed by atoms with van der Waals surface area (Å²) in [5, 5.41) is 0. The third-order valence-corrected chi connectivity index (χ3v) is 4.19. The molecule has 5 heteroatoms. The van der Waals surface area contributed by atoms with E-state index in [1.54, 1.807) is 36.1 Å². The second-order valence-electron chi connectivity index (χ2n) is 5.87. The van der Waals surface area contributed by atoms with Gasteiger partial charge in [-0.15, -0.1) is 0 Å². The minimum Gasteiger partial charge on any atom is -0.494 e. The Morgan fingerprint density at radius 2 is 1.84 bits per heavy atom. The van der Waals surface area contributed by atoms with Crippen LogP contribution in [0, 0.1) is 0 Å². The summed E-state index contributed by atoms with van der Waals surface area (Å²) in [6.07, 6.45) is -0.0215. The summed E-state index contributed by atoms with van der Waals surface area (Å²) >= 11 is 0. The fraction of sp³-hybridized carbons (Fsp3) is 0.300. The highest BCUT2D eigenvalue weighted by atomic mass is 16.5. The van der Waals surface area contributed by atoms with Gasteiger partial charge >= 0.3 is 5.97 Å².